The molecule has 63 heavy (non-hydrogen) atoms. The summed E-state index contributed by atoms with van der Waals surface area (Å²) in [5.74, 6) is 2.31. The highest BCUT2D eigenvalue weighted by atomic mass is 28.3. The molecule has 0 amide bonds. The van der Waals surface area contributed by atoms with E-state index in [1.165, 1.54) is 88.4 Å². The third-order valence-electron chi connectivity index (χ3n) is 14.1. The first-order valence-corrected chi connectivity index (χ1v) is 25.3. The molecule has 0 atom stereocenters. The lowest BCUT2D eigenvalue weighted by atomic mass is 9.66. The van der Waals surface area contributed by atoms with Crippen LogP contribution in [0.1, 0.15) is 47.6 Å². The van der Waals surface area contributed by atoms with Crippen LogP contribution in [0.2, 0.25) is 13.1 Å². The van der Waals surface area contributed by atoms with Gasteiger partial charge in [-0.2, -0.15) is 0 Å². The van der Waals surface area contributed by atoms with Crippen molar-refractivity contribution < 1.29 is 4.74 Å². The monoisotopic (exact) mass is 825 g/mol. The number of benzene rings is 9. The zero-order chi connectivity index (χ0) is 42.5. The van der Waals surface area contributed by atoms with Gasteiger partial charge in [0.25, 0.3) is 0 Å². The maximum atomic E-state index is 6.62. The van der Waals surface area contributed by atoms with E-state index in [1.807, 2.05) is 0 Å². The number of nitrogens with zero attached hydrogens (tertiary/aromatic N) is 1. The van der Waals surface area contributed by atoms with Crippen molar-refractivity contribution in [3.8, 4) is 56.0 Å². The highest BCUT2D eigenvalue weighted by Crippen LogP contribution is 2.62. The molecule has 2 aliphatic heterocycles. The fraction of sp³-hybridized carbons (Fsp3) is 0.100. The van der Waals surface area contributed by atoms with E-state index in [2.05, 4.69) is 238 Å². The highest BCUT2D eigenvalue weighted by molar-refractivity contribution is 7.04. The first-order chi connectivity index (χ1) is 30.8. The molecule has 3 heteroatoms. The maximum absolute atomic E-state index is 6.62. The molecule has 0 saturated heterocycles. The van der Waals surface area contributed by atoms with E-state index in [9.17, 15) is 0 Å². The zero-order valence-electron chi connectivity index (χ0n) is 36.1. The molecule has 3 aliphatic rings. The fourth-order valence-corrected chi connectivity index (χ4v) is 14.1. The average Bonchev–Trinajstić information content (AvgIpc) is 3.74. The maximum Gasteiger partial charge on any atom is 0.132 e. The molecule has 0 saturated carbocycles. The molecular weight excluding hydrogens is 779 g/mol. The summed E-state index contributed by atoms with van der Waals surface area (Å²) in [6.45, 7) is 9.59. The van der Waals surface area contributed by atoms with E-state index in [4.69, 9.17) is 4.74 Å². The molecule has 9 aromatic rings. The predicted octanol–water partition coefficient (Wildman–Crippen LogP) is 14.9. The van der Waals surface area contributed by atoms with E-state index in [1.54, 1.807) is 0 Å². The van der Waals surface area contributed by atoms with E-state index >= 15 is 0 Å². The Balaban J connectivity index is 0.959. The van der Waals surface area contributed by atoms with Crippen molar-refractivity contribution in [2.75, 3.05) is 4.90 Å². The van der Waals surface area contributed by atoms with Gasteiger partial charge in [-0.05, 0) is 132 Å². The summed E-state index contributed by atoms with van der Waals surface area (Å²) >= 11 is 0. The van der Waals surface area contributed by atoms with Crippen LogP contribution in [0, 0.1) is 0 Å². The predicted molar refractivity (Wildman–Crippen MR) is 266 cm³/mol. The molecule has 1 spiro atoms. The van der Waals surface area contributed by atoms with Crippen LogP contribution in [0.3, 0.4) is 0 Å². The van der Waals surface area contributed by atoms with Crippen LogP contribution >= 0.6 is 0 Å². The van der Waals surface area contributed by atoms with Gasteiger partial charge in [0.15, 0.2) is 0 Å². The molecule has 12 rings (SSSR count). The highest BCUT2D eigenvalue weighted by Gasteiger charge is 2.51. The van der Waals surface area contributed by atoms with Gasteiger partial charge in [-0.25, -0.2) is 0 Å². The number of anilines is 3. The summed E-state index contributed by atoms with van der Waals surface area (Å²) < 4.78 is 6.62. The van der Waals surface area contributed by atoms with Crippen LogP contribution in [0.5, 0.6) is 11.5 Å². The normalized spacial score (nSPS) is 14.2. The Bertz CT molecular complexity index is 3210. The Hall–Kier alpha value is -7.20. The van der Waals surface area contributed by atoms with E-state index in [0.29, 0.717) is 5.92 Å². The van der Waals surface area contributed by atoms with Gasteiger partial charge in [0.05, 0.1) is 5.41 Å². The molecule has 2 heterocycles. The Morgan fingerprint density at radius 2 is 0.873 bits per heavy atom. The lowest BCUT2D eigenvalue weighted by Gasteiger charge is -2.39. The Labute approximate surface area is 371 Å². The van der Waals surface area contributed by atoms with Gasteiger partial charge in [0.2, 0.25) is 0 Å². The fourth-order valence-electron chi connectivity index (χ4n) is 11.0. The minimum atomic E-state index is -2.15. The standard InChI is InChI=1S/C60H47NOSi/c1-39(2)40-22-28-45(29-23-40)61(46-30-24-42(25-31-46)41-14-6-5-7-15-41)47-32-35-51-50-34-27-44(37-58(50)63(3,4)59(51)38-47)43-26-33-49-48-16-8-9-17-52(48)60(55(49)36-43)53-18-10-12-20-56(53)62-57-21-13-11-19-54(57)60/h5-39H,1-4H3. The molecule has 0 fully saturated rings. The van der Waals surface area contributed by atoms with Gasteiger partial charge in [-0.3, -0.25) is 0 Å². The minimum Gasteiger partial charge on any atom is -0.457 e. The van der Waals surface area contributed by atoms with Crippen LogP contribution in [0.15, 0.2) is 206 Å². The van der Waals surface area contributed by atoms with Crippen molar-refractivity contribution in [3.63, 3.8) is 0 Å². The van der Waals surface area contributed by atoms with Crippen LogP contribution in [0.4, 0.5) is 17.1 Å². The Morgan fingerprint density at radius 3 is 1.54 bits per heavy atom. The molecule has 0 unspecified atom stereocenters. The quantitative estimate of drug-likeness (QED) is 0.155. The van der Waals surface area contributed by atoms with Crippen molar-refractivity contribution in [3.05, 3.63) is 234 Å². The molecule has 0 radical (unpaired) electrons. The van der Waals surface area contributed by atoms with Crippen molar-refractivity contribution in [2.24, 2.45) is 0 Å². The number of hydrogen-bond acceptors (Lipinski definition) is 2. The first kappa shape index (κ1) is 37.5. The summed E-state index contributed by atoms with van der Waals surface area (Å²) in [4.78, 5) is 2.43. The van der Waals surface area contributed by atoms with Crippen LogP contribution in [-0.4, -0.2) is 8.07 Å². The lowest BCUT2D eigenvalue weighted by Crippen LogP contribution is -2.49. The number of rotatable bonds is 6. The summed E-state index contributed by atoms with van der Waals surface area (Å²) in [6.07, 6.45) is 0. The second-order valence-corrected chi connectivity index (χ2v) is 22.6. The van der Waals surface area contributed by atoms with Crippen LogP contribution < -0.4 is 20.0 Å². The molecule has 1 aliphatic carbocycles. The SMILES string of the molecule is CC(C)c1ccc(N(c2ccc(-c3ccccc3)cc2)c2ccc3c(c2)[Si](C)(C)c2cc(-c4ccc5c(c4)C4(c6ccccc6Oc6ccccc64)c4ccccc4-5)ccc2-3)cc1. The first-order valence-electron chi connectivity index (χ1n) is 22.3. The average molecular weight is 826 g/mol. The lowest BCUT2D eigenvalue weighted by molar-refractivity contribution is 0.436. The van der Waals surface area contributed by atoms with Gasteiger partial charge in [-0.15, -0.1) is 0 Å². The second-order valence-electron chi connectivity index (χ2n) is 18.3. The molecule has 0 bridgehead atoms. The Kier molecular flexibility index (Phi) is 8.44. The van der Waals surface area contributed by atoms with E-state index < -0.39 is 13.5 Å². The smallest absolute Gasteiger partial charge is 0.132 e. The number of ether oxygens (including phenoxy) is 1. The summed E-state index contributed by atoms with van der Waals surface area (Å²) in [7, 11) is -2.15. The minimum absolute atomic E-state index is 0.470. The van der Waals surface area contributed by atoms with Crippen molar-refractivity contribution in [2.45, 2.75) is 38.3 Å². The topological polar surface area (TPSA) is 12.5 Å². The second kappa shape index (κ2) is 14.2. The molecular formula is C60H47NOSi. The third kappa shape index (κ3) is 5.62. The molecule has 9 aromatic carbocycles. The van der Waals surface area contributed by atoms with Gasteiger partial charge < -0.3 is 9.64 Å². The largest absolute Gasteiger partial charge is 0.457 e. The van der Waals surface area contributed by atoms with Crippen LogP contribution in [0.25, 0.3) is 44.5 Å². The molecule has 2 nitrogen and oxygen atoms in total. The van der Waals surface area contributed by atoms with Crippen molar-refractivity contribution in [1.82, 2.24) is 0 Å². The number of hydrogen-bond donors (Lipinski definition) is 0. The van der Waals surface area contributed by atoms with Crippen LogP contribution in [-0.2, 0) is 5.41 Å². The Morgan fingerprint density at radius 1 is 0.397 bits per heavy atom. The number of fused-ring (bicyclic) bond motifs is 12. The van der Waals surface area contributed by atoms with Gasteiger partial charge in [0.1, 0.15) is 19.6 Å². The molecule has 0 N–H and O–H groups in total. The molecule has 0 aromatic heterocycles. The zero-order valence-corrected chi connectivity index (χ0v) is 37.1. The van der Waals surface area contributed by atoms with E-state index in [0.717, 1.165) is 22.9 Å². The van der Waals surface area contributed by atoms with Crippen molar-refractivity contribution >= 4 is 35.5 Å². The van der Waals surface area contributed by atoms with E-state index in [-0.39, 0.29) is 0 Å². The van der Waals surface area contributed by atoms with Gasteiger partial charge in [0, 0.05) is 28.2 Å². The third-order valence-corrected chi connectivity index (χ3v) is 17.7. The summed E-state index contributed by atoms with van der Waals surface area (Å²) in [5, 5.41) is 2.98. The van der Waals surface area contributed by atoms with Gasteiger partial charge in [-0.1, -0.05) is 179 Å². The number of para-hydroxylation sites is 2. The summed E-state index contributed by atoms with van der Waals surface area (Å²) in [5.41, 5.74) is 19.6. The molecule has 302 valence electrons. The van der Waals surface area contributed by atoms with Crippen molar-refractivity contribution in [1.29, 1.82) is 0 Å². The summed E-state index contributed by atoms with van der Waals surface area (Å²) in [6, 6.07) is 76.7. The van der Waals surface area contributed by atoms with Gasteiger partial charge >= 0.3 is 0 Å².